The maximum absolute atomic E-state index is 13.7. The fraction of sp³-hybridized carbons (Fsp3) is 0.381. The van der Waals surface area contributed by atoms with Crippen molar-refractivity contribution in [3.8, 4) is 0 Å². The van der Waals surface area contributed by atoms with Gasteiger partial charge in [-0.15, -0.1) is 0 Å². The van der Waals surface area contributed by atoms with Gasteiger partial charge in [-0.1, -0.05) is 0 Å². The number of ether oxygens (including phenoxy) is 1. The van der Waals surface area contributed by atoms with Crippen molar-refractivity contribution in [3.05, 3.63) is 42.3 Å². The molecule has 0 saturated carbocycles. The number of esters is 1. The van der Waals surface area contributed by atoms with E-state index in [4.69, 9.17) is 9.72 Å². The average Bonchev–Trinajstić information content (AvgIpc) is 3.23. The molecule has 0 unspecified atom stereocenters. The fourth-order valence-electron chi connectivity index (χ4n) is 3.70. The first-order valence-electron chi connectivity index (χ1n) is 10.1. The third-order valence-electron chi connectivity index (χ3n) is 5.18. The number of aromatic nitrogens is 2. The minimum atomic E-state index is -0.322. The van der Waals surface area contributed by atoms with E-state index in [1.165, 1.54) is 12.1 Å². The zero-order chi connectivity index (χ0) is 21.1. The summed E-state index contributed by atoms with van der Waals surface area (Å²) in [5.41, 5.74) is 2.38. The first kappa shape index (κ1) is 19.9. The van der Waals surface area contributed by atoms with Crippen molar-refractivity contribution < 1.29 is 18.7 Å². The van der Waals surface area contributed by atoms with Crippen LogP contribution in [0.5, 0.6) is 0 Å². The van der Waals surface area contributed by atoms with E-state index in [-0.39, 0.29) is 30.8 Å². The minimum absolute atomic E-state index is 0.156. The van der Waals surface area contributed by atoms with Gasteiger partial charge in [0.15, 0.2) is 5.82 Å². The summed E-state index contributed by atoms with van der Waals surface area (Å²) >= 11 is 0. The average molecular weight is 413 g/mol. The lowest BCUT2D eigenvalue weighted by molar-refractivity contribution is -0.142. The molecule has 0 bridgehead atoms. The second-order valence-electron chi connectivity index (χ2n) is 7.09. The summed E-state index contributed by atoms with van der Waals surface area (Å²) in [6.45, 7) is 4.61. The molecular weight excluding hydrogens is 389 g/mol. The summed E-state index contributed by atoms with van der Waals surface area (Å²) in [7, 11) is 0. The predicted octanol–water partition coefficient (Wildman–Crippen LogP) is 2.41. The summed E-state index contributed by atoms with van der Waals surface area (Å²) in [6, 6.07) is 8.33. The molecule has 158 valence electrons. The van der Waals surface area contributed by atoms with Crippen LogP contribution in [-0.2, 0) is 9.53 Å². The van der Waals surface area contributed by atoms with Crippen molar-refractivity contribution >= 4 is 34.4 Å². The highest BCUT2D eigenvalue weighted by Gasteiger charge is 2.24. The van der Waals surface area contributed by atoms with Crippen LogP contribution in [0.1, 0.15) is 13.3 Å². The molecule has 9 heteroatoms. The number of piperazine rings is 1. The third kappa shape index (κ3) is 4.00. The van der Waals surface area contributed by atoms with E-state index >= 15 is 0 Å². The Morgan fingerprint density at radius 3 is 2.73 bits per heavy atom. The van der Waals surface area contributed by atoms with Crippen LogP contribution in [0.3, 0.4) is 0 Å². The maximum atomic E-state index is 13.7. The molecule has 1 aromatic carbocycles. The molecule has 1 aliphatic rings. The molecule has 0 radical (unpaired) electrons. The Bertz CT molecular complexity index is 1080. The van der Waals surface area contributed by atoms with Gasteiger partial charge < -0.3 is 24.3 Å². The molecule has 1 aliphatic heterocycles. The SMILES string of the molecule is CCOC(=O)CCNC(=O)N1CCN(c2nc3cc(F)ccc3n3cccc23)CC1. The van der Waals surface area contributed by atoms with Crippen molar-refractivity contribution in [2.24, 2.45) is 0 Å². The Hall–Kier alpha value is -3.36. The van der Waals surface area contributed by atoms with Gasteiger partial charge in [-0.3, -0.25) is 4.79 Å². The standard InChI is InChI=1S/C21H24FN5O3/c1-2-30-19(28)7-8-23-21(29)26-12-10-25(11-13-26)20-18-4-3-9-27(18)17-6-5-15(22)14-16(17)24-20/h3-6,9,14H,2,7-8,10-13H2,1H3,(H,23,29). The molecule has 1 saturated heterocycles. The fourth-order valence-corrected chi connectivity index (χ4v) is 3.70. The van der Waals surface area contributed by atoms with Crippen LogP contribution in [0.15, 0.2) is 36.5 Å². The number of amides is 2. The number of rotatable bonds is 5. The molecule has 2 amide bonds. The van der Waals surface area contributed by atoms with Gasteiger partial charge in [0.05, 0.1) is 29.6 Å². The number of anilines is 1. The molecule has 3 aromatic rings. The monoisotopic (exact) mass is 413 g/mol. The Labute approximate surface area is 173 Å². The van der Waals surface area contributed by atoms with Gasteiger partial charge in [0.2, 0.25) is 0 Å². The summed E-state index contributed by atoms with van der Waals surface area (Å²) in [4.78, 5) is 32.3. The van der Waals surface area contributed by atoms with Gasteiger partial charge in [-0.25, -0.2) is 14.2 Å². The Morgan fingerprint density at radius 2 is 1.97 bits per heavy atom. The summed E-state index contributed by atoms with van der Waals surface area (Å²) in [6.07, 6.45) is 2.09. The first-order chi connectivity index (χ1) is 14.6. The number of carbonyl (C=O) groups is 2. The normalized spacial score (nSPS) is 14.3. The highest BCUT2D eigenvalue weighted by Crippen LogP contribution is 2.26. The quantitative estimate of drug-likeness (QED) is 0.650. The topological polar surface area (TPSA) is 79.2 Å². The van der Waals surface area contributed by atoms with E-state index in [1.54, 1.807) is 17.9 Å². The Morgan fingerprint density at radius 1 is 1.17 bits per heavy atom. The lowest BCUT2D eigenvalue weighted by atomic mass is 10.2. The van der Waals surface area contributed by atoms with E-state index < -0.39 is 0 Å². The molecular formula is C21H24FN5O3. The van der Waals surface area contributed by atoms with E-state index in [0.717, 1.165) is 16.9 Å². The molecule has 1 fully saturated rings. The molecule has 0 atom stereocenters. The number of hydrogen-bond donors (Lipinski definition) is 1. The zero-order valence-corrected chi connectivity index (χ0v) is 16.8. The number of hydrogen-bond acceptors (Lipinski definition) is 5. The second kappa shape index (κ2) is 8.56. The van der Waals surface area contributed by atoms with E-state index in [0.29, 0.717) is 38.3 Å². The molecule has 0 aliphatic carbocycles. The second-order valence-corrected chi connectivity index (χ2v) is 7.09. The first-order valence-corrected chi connectivity index (χ1v) is 10.1. The number of carbonyl (C=O) groups excluding carboxylic acids is 2. The lowest BCUT2D eigenvalue weighted by Gasteiger charge is -2.35. The van der Waals surface area contributed by atoms with Gasteiger partial charge in [-0.05, 0) is 31.2 Å². The molecule has 1 N–H and O–H groups in total. The lowest BCUT2D eigenvalue weighted by Crippen LogP contribution is -2.52. The van der Waals surface area contributed by atoms with Gasteiger partial charge in [0, 0.05) is 45.0 Å². The van der Waals surface area contributed by atoms with Crippen molar-refractivity contribution in [2.45, 2.75) is 13.3 Å². The summed E-state index contributed by atoms with van der Waals surface area (Å²) in [5, 5.41) is 2.76. The highest BCUT2D eigenvalue weighted by molar-refractivity contribution is 5.85. The summed E-state index contributed by atoms with van der Waals surface area (Å²) < 4.78 is 20.6. The van der Waals surface area contributed by atoms with Gasteiger partial charge in [0.25, 0.3) is 0 Å². The smallest absolute Gasteiger partial charge is 0.317 e. The van der Waals surface area contributed by atoms with Crippen LogP contribution >= 0.6 is 0 Å². The highest BCUT2D eigenvalue weighted by atomic mass is 19.1. The van der Waals surface area contributed by atoms with Crippen LogP contribution in [0.25, 0.3) is 16.6 Å². The maximum Gasteiger partial charge on any atom is 0.317 e. The number of nitrogens with one attached hydrogen (secondary N) is 1. The zero-order valence-electron chi connectivity index (χ0n) is 16.8. The van der Waals surface area contributed by atoms with Crippen molar-refractivity contribution in [3.63, 3.8) is 0 Å². The number of nitrogens with zero attached hydrogens (tertiary/aromatic N) is 4. The van der Waals surface area contributed by atoms with Crippen LogP contribution in [0.4, 0.5) is 15.0 Å². The van der Waals surface area contributed by atoms with Crippen LogP contribution in [0, 0.1) is 5.82 Å². The van der Waals surface area contributed by atoms with Crippen molar-refractivity contribution in [2.75, 3.05) is 44.2 Å². The molecule has 2 aromatic heterocycles. The Kier molecular flexibility index (Phi) is 5.69. The number of fused-ring (bicyclic) bond motifs is 3. The largest absolute Gasteiger partial charge is 0.466 e. The number of benzene rings is 1. The molecule has 4 rings (SSSR count). The van der Waals surface area contributed by atoms with Crippen LogP contribution in [0.2, 0.25) is 0 Å². The van der Waals surface area contributed by atoms with Crippen LogP contribution < -0.4 is 10.2 Å². The number of urea groups is 1. The van der Waals surface area contributed by atoms with Crippen molar-refractivity contribution in [1.82, 2.24) is 19.6 Å². The van der Waals surface area contributed by atoms with Gasteiger partial charge >= 0.3 is 12.0 Å². The predicted molar refractivity (Wildman–Crippen MR) is 111 cm³/mol. The van der Waals surface area contributed by atoms with Crippen molar-refractivity contribution in [1.29, 1.82) is 0 Å². The molecule has 30 heavy (non-hydrogen) atoms. The third-order valence-corrected chi connectivity index (χ3v) is 5.18. The minimum Gasteiger partial charge on any atom is -0.466 e. The Balaban J connectivity index is 1.42. The molecule has 8 nitrogen and oxygen atoms in total. The van der Waals surface area contributed by atoms with E-state index in [9.17, 15) is 14.0 Å². The van der Waals surface area contributed by atoms with Gasteiger partial charge in [-0.2, -0.15) is 0 Å². The molecule has 0 spiro atoms. The van der Waals surface area contributed by atoms with E-state index in [1.807, 2.05) is 22.7 Å². The summed E-state index contributed by atoms with van der Waals surface area (Å²) in [5.74, 6) is 0.134. The van der Waals surface area contributed by atoms with Gasteiger partial charge in [0.1, 0.15) is 5.82 Å². The van der Waals surface area contributed by atoms with Crippen LogP contribution in [-0.4, -0.2) is 65.6 Å². The number of halogens is 1. The van der Waals surface area contributed by atoms with E-state index in [2.05, 4.69) is 10.2 Å². The molecule has 3 heterocycles.